The first-order valence-corrected chi connectivity index (χ1v) is 6.85. The molecule has 2 aromatic carbocycles. The SMILES string of the molecule is O=C(O)CN(C(=O)c1ccc(Br)cc1)c1ccc(O)cc1. The molecular formula is C15H12BrNO4. The Labute approximate surface area is 129 Å². The minimum atomic E-state index is -1.12. The average Bonchev–Trinajstić information content (AvgIpc) is 2.46. The van der Waals surface area contributed by atoms with Crippen molar-refractivity contribution in [1.29, 1.82) is 0 Å². The third kappa shape index (κ3) is 3.82. The lowest BCUT2D eigenvalue weighted by atomic mass is 10.1. The topological polar surface area (TPSA) is 77.8 Å². The molecule has 1 amide bonds. The van der Waals surface area contributed by atoms with Crippen molar-refractivity contribution < 1.29 is 19.8 Å². The molecule has 108 valence electrons. The van der Waals surface area contributed by atoms with E-state index in [1.54, 1.807) is 24.3 Å². The van der Waals surface area contributed by atoms with E-state index in [2.05, 4.69) is 15.9 Å². The van der Waals surface area contributed by atoms with Crippen molar-refractivity contribution in [1.82, 2.24) is 0 Å². The van der Waals surface area contributed by atoms with Gasteiger partial charge in [0.25, 0.3) is 5.91 Å². The first-order valence-electron chi connectivity index (χ1n) is 6.05. The number of amides is 1. The van der Waals surface area contributed by atoms with Crippen LogP contribution in [0.1, 0.15) is 10.4 Å². The number of rotatable bonds is 4. The smallest absolute Gasteiger partial charge is 0.323 e. The monoisotopic (exact) mass is 349 g/mol. The number of anilines is 1. The van der Waals surface area contributed by atoms with Gasteiger partial charge in [-0.2, -0.15) is 0 Å². The highest BCUT2D eigenvalue weighted by molar-refractivity contribution is 9.10. The van der Waals surface area contributed by atoms with E-state index in [0.29, 0.717) is 11.3 Å². The van der Waals surface area contributed by atoms with E-state index in [9.17, 15) is 14.7 Å². The zero-order chi connectivity index (χ0) is 15.4. The van der Waals surface area contributed by atoms with Crippen LogP contribution in [0.5, 0.6) is 5.75 Å². The molecule has 2 N–H and O–H groups in total. The number of aliphatic carboxylic acids is 1. The number of carbonyl (C=O) groups is 2. The maximum atomic E-state index is 12.5. The highest BCUT2D eigenvalue weighted by Gasteiger charge is 2.20. The zero-order valence-corrected chi connectivity index (χ0v) is 12.4. The molecule has 2 aromatic rings. The second-order valence-corrected chi connectivity index (χ2v) is 5.22. The van der Waals surface area contributed by atoms with Crippen molar-refractivity contribution >= 4 is 33.5 Å². The molecule has 5 nitrogen and oxygen atoms in total. The van der Waals surface area contributed by atoms with Gasteiger partial charge in [-0.05, 0) is 48.5 Å². The highest BCUT2D eigenvalue weighted by Crippen LogP contribution is 2.21. The molecule has 0 atom stereocenters. The Morgan fingerprint density at radius 3 is 2.10 bits per heavy atom. The third-order valence-electron chi connectivity index (χ3n) is 2.79. The molecule has 0 bridgehead atoms. The van der Waals surface area contributed by atoms with Gasteiger partial charge < -0.3 is 10.2 Å². The Morgan fingerprint density at radius 1 is 1.00 bits per heavy atom. The number of carboxylic acids is 1. The number of phenols is 1. The summed E-state index contributed by atoms with van der Waals surface area (Å²) in [7, 11) is 0. The summed E-state index contributed by atoms with van der Waals surface area (Å²) in [6.07, 6.45) is 0. The molecule has 2 rings (SSSR count). The Morgan fingerprint density at radius 2 is 1.57 bits per heavy atom. The number of aromatic hydroxyl groups is 1. The first-order chi connectivity index (χ1) is 9.97. The molecule has 0 aliphatic heterocycles. The molecule has 0 unspecified atom stereocenters. The number of carboxylic acid groups (broad SMARTS) is 1. The van der Waals surface area contributed by atoms with Gasteiger partial charge in [0.15, 0.2) is 0 Å². The van der Waals surface area contributed by atoms with Crippen LogP contribution in [-0.4, -0.2) is 28.6 Å². The molecular weight excluding hydrogens is 338 g/mol. The Balaban J connectivity index is 2.35. The van der Waals surface area contributed by atoms with Crippen LogP contribution in [0.3, 0.4) is 0 Å². The summed E-state index contributed by atoms with van der Waals surface area (Å²) in [5, 5.41) is 18.3. The van der Waals surface area contributed by atoms with Gasteiger partial charge in [-0.15, -0.1) is 0 Å². The summed E-state index contributed by atoms with van der Waals surface area (Å²) in [6.45, 7) is -0.459. The summed E-state index contributed by atoms with van der Waals surface area (Å²) in [5.74, 6) is -1.49. The Hall–Kier alpha value is -2.34. The minimum Gasteiger partial charge on any atom is -0.508 e. The highest BCUT2D eigenvalue weighted by atomic mass is 79.9. The fraction of sp³-hybridized carbons (Fsp3) is 0.0667. The van der Waals surface area contributed by atoms with Crippen LogP contribution in [0.4, 0.5) is 5.69 Å². The summed E-state index contributed by atoms with van der Waals surface area (Å²) >= 11 is 3.28. The van der Waals surface area contributed by atoms with E-state index in [-0.39, 0.29) is 5.75 Å². The van der Waals surface area contributed by atoms with Gasteiger partial charge in [-0.1, -0.05) is 15.9 Å². The van der Waals surface area contributed by atoms with Gasteiger partial charge in [0.2, 0.25) is 0 Å². The van der Waals surface area contributed by atoms with Crippen LogP contribution in [0.2, 0.25) is 0 Å². The molecule has 0 spiro atoms. The summed E-state index contributed by atoms with van der Waals surface area (Å²) in [4.78, 5) is 24.6. The van der Waals surface area contributed by atoms with Crippen LogP contribution < -0.4 is 4.90 Å². The van der Waals surface area contributed by atoms with Crippen LogP contribution in [0.25, 0.3) is 0 Å². The molecule has 0 saturated heterocycles. The number of nitrogens with zero attached hydrogens (tertiary/aromatic N) is 1. The quantitative estimate of drug-likeness (QED) is 0.889. The van der Waals surface area contributed by atoms with E-state index in [4.69, 9.17) is 5.11 Å². The molecule has 0 aromatic heterocycles. The number of phenolic OH excluding ortho intramolecular Hbond substituents is 1. The lowest BCUT2D eigenvalue weighted by molar-refractivity contribution is -0.135. The molecule has 0 saturated carbocycles. The largest absolute Gasteiger partial charge is 0.508 e. The molecule has 6 heteroatoms. The molecule has 21 heavy (non-hydrogen) atoms. The normalized spacial score (nSPS) is 10.1. The van der Waals surface area contributed by atoms with Gasteiger partial charge in [0.1, 0.15) is 12.3 Å². The van der Waals surface area contributed by atoms with E-state index < -0.39 is 18.4 Å². The second kappa shape index (κ2) is 6.41. The van der Waals surface area contributed by atoms with Gasteiger partial charge >= 0.3 is 5.97 Å². The maximum Gasteiger partial charge on any atom is 0.323 e. The fourth-order valence-corrected chi connectivity index (χ4v) is 2.06. The van der Waals surface area contributed by atoms with E-state index in [1.807, 2.05) is 0 Å². The van der Waals surface area contributed by atoms with E-state index in [0.717, 1.165) is 9.37 Å². The van der Waals surface area contributed by atoms with E-state index in [1.165, 1.54) is 24.3 Å². The van der Waals surface area contributed by atoms with Crippen LogP contribution in [-0.2, 0) is 4.79 Å². The lowest BCUT2D eigenvalue weighted by Gasteiger charge is -2.21. The molecule has 0 fully saturated rings. The predicted octanol–water partition coefficient (Wildman–Crippen LogP) is 2.89. The molecule has 0 aliphatic rings. The number of hydrogen-bond acceptors (Lipinski definition) is 3. The van der Waals surface area contributed by atoms with Gasteiger partial charge in [0.05, 0.1) is 0 Å². The molecule has 0 heterocycles. The van der Waals surface area contributed by atoms with Gasteiger partial charge in [-0.3, -0.25) is 14.5 Å². The van der Waals surface area contributed by atoms with Crippen LogP contribution >= 0.6 is 15.9 Å². The van der Waals surface area contributed by atoms with Crippen molar-refractivity contribution in [3.8, 4) is 5.75 Å². The fourth-order valence-electron chi connectivity index (χ4n) is 1.80. The standard InChI is InChI=1S/C15H12BrNO4/c16-11-3-1-10(2-4-11)15(21)17(9-14(19)20)12-5-7-13(18)8-6-12/h1-8,18H,9H2,(H,19,20). The van der Waals surface area contributed by atoms with Crippen molar-refractivity contribution in [3.63, 3.8) is 0 Å². The lowest BCUT2D eigenvalue weighted by Crippen LogP contribution is -2.35. The minimum absolute atomic E-state index is 0.0464. The van der Waals surface area contributed by atoms with Crippen LogP contribution in [0, 0.1) is 0 Å². The Kier molecular flexibility index (Phi) is 4.59. The van der Waals surface area contributed by atoms with Crippen LogP contribution in [0.15, 0.2) is 53.0 Å². The summed E-state index contributed by atoms with van der Waals surface area (Å²) in [5.41, 5.74) is 0.788. The first kappa shape index (κ1) is 15.1. The van der Waals surface area contributed by atoms with Crippen molar-refractivity contribution in [2.24, 2.45) is 0 Å². The molecule has 0 radical (unpaired) electrons. The maximum absolute atomic E-state index is 12.5. The number of benzene rings is 2. The van der Waals surface area contributed by atoms with E-state index >= 15 is 0 Å². The number of hydrogen-bond donors (Lipinski definition) is 2. The van der Waals surface area contributed by atoms with Crippen molar-refractivity contribution in [3.05, 3.63) is 58.6 Å². The second-order valence-electron chi connectivity index (χ2n) is 4.31. The Bertz CT molecular complexity index is 652. The van der Waals surface area contributed by atoms with Gasteiger partial charge in [-0.25, -0.2) is 0 Å². The summed E-state index contributed by atoms with van der Waals surface area (Å²) in [6, 6.07) is 12.4. The van der Waals surface area contributed by atoms with Crippen molar-refractivity contribution in [2.45, 2.75) is 0 Å². The van der Waals surface area contributed by atoms with Crippen molar-refractivity contribution in [2.75, 3.05) is 11.4 Å². The third-order valence-corrected chi connectivity index (χ3v) is 3.32. The molecule has 0 aliphatic carbocycles. The summed E-state index contributed by atoms with van der Waals surface area (Å²) < 4.78 is 0.827. The predicted molar refractivity (Wildman–Crippen MR) is 81.6 cm³/mol. The zero-order valence-electron chi connectivity index (χ0n) is 10.9. The number of halogens is 1. The average molecular weight is 350 g/mol. The van der Waals surface area contributed by atoms with Gasteiger partial charge in [0, 0.05) is 15.7 Å². The number of carbonyl (C=O) groups excluding carboxylic acids is 1.